The van der Waals surface area contributed by atoms with E-state index in [0.29, 0.717) is 12.1 Å². The molecule has 2 heterocycles. The highest BCUT2D eigenvalue weighted by Crippen LogP contribution is 2.40. The molecule has 98 valence electrons. The molecule has 3 fully saturated rings. The summed E-state index contributed by atoms with van der Waals surface area (Å²) in [7, 11) is 0. The molecule has 1 N–H and O–H groups in total. The fourth-order valence-electron chi connectivity index (χ4n) is 3.44. The summed E-state index contributed by atoms with van der Waals surface area (Å²) >= 11 is 0. The second kappa shape index (κ2) is 4.87. The van der Waals surface area contributed by atoms with Gasteiger partial charge in [-0.25, -0.2) is 0 Å². The summed E-state index contributed by atoms with van der Waals surface area (Å²) in [4.78, 5) is 0. The first kappa shape index (κ1) is 11.9. The van der Waals surface area contributed by atoms with Gasteiger partial charge < -0.3 is 14.8 Å². The van der Waals surface area contributed by atoms with Gasteiger partial charge in [-0.3, -0.25) is 0 Å². The third kappa shape index (κ3) is 2.51. The Hall–Kier alpha value is -0.120. The van der Waals surface area contributed by atoms with Crippen molar-refractivity contribution in [2.75, 3.05) is 13.2 Å². The van der Waals surface area contributed by atoms with Crippen molar-refractivity contribution in [3.05, 3.63) is 0 Å². The van der Waals surface area contributed by atoms with Crippen molar-refractivity contribution in [1.29, 1.82) is 0 Å². The molecular formula is C14H25NO2. The third-order valence-corrected chi connectivity index (χ3v) is 4.71. The first-order valence-electron chi connectivity index (χ1n) is 7.33. The zero-order chi connectivity index (χ0) is 11.7. The molecule has 2 unspecified atom stereocenters. The first-order valence-corrected chi connectivity index (χ1v) is 7.33. The van der Waals surface area contributed by atoms with Gasteiger partial charge in [-0.2, -0.15) is 0 Å². The second-order valence-electron chi connectivity index (χ2n) is 6.12. The van der Waals surface area contributed by atoms with Crippen LogP contribution in [0.25, 0.3) is 0 Å². The standard InChI is InChI=1S/C14H25NO2/c1-11-5-7-14(8-6-11)16-10-13(17-14)12-4-2-3-9-15-12/h11-13,15H,2-10H2,1H3. The zero-order valence-corrected chi connectivity index (χ0v) is 10.9. The zero-order valence-electron chi connectivity index (χ0n) is 10.9. The van der Waals surface area contributed by atoms with E-state index in [9.17, 15) is 0 Å². The van der Waals surface area contributed by atoms with Gasteiger partial charge >= 0.3 is 0 Å². The highest BCUT2D eigenvalue weighted by Gasteiger charge is 2.45. The number of ether oxygens (including phenoxy) is 2. The van der Waals surface area contributed by atoms with Gasteiger partial charge in [-0.15, -0.1) is 0 Å². The van der Waals surface area contributed by atoms with Crippen LogP contribution < -0.4 is 5.32 Å². The molecule has 3 rings (SSSR count). The van der Waals surface area contributed by atoms with E-state index in [4.69, 9.17) is 9.47 Å². The fraction of sp³-hybridized carbons (Fsp3) is 1.00. The van der Waals surface area contributed by atoms with Crippen molar-refractivity contribution < 1.29 is 9.47 Å². The quantitative estimate of drug-likeness (QED) is 0.762. The van der Waals surface area contributed by atoms with Crippen LogP contribution in [0.5, 0.6) is 0 Å². The van der Waals surface area contributed by atoms with E-state index >= 15 is 0 Å². The Bertz CT molecular complexity index is 255. The van der Waals surface area contributed by atoms with Crippen molar-refractivity contribution in [2.24, 2.45) is 5.92 Å². The van der Waals surface area contributed by atoms with Crippen LogP contribution in [0, 0.1) is 5.92 Å². The summed E-state index contributed by atoms with van der Waals surface area (Å²) < 4.78 is 12.3. The summed E-state index contributed by atoms with van der Waals surface area (Å²) in [6.45, 7) is 4.28. The largest absolute Gasteiger partial charge is 0.347 e. The summed E-state index contributed by atoms with van der Waals surface area (Å²) in [5.41, 5.74) is 0. The average molecular weight is 239 g/mol. The molecule has 1 spiro atoms. The average Bonchev–Trinajstić information content (AvgIpc) is 2.79. The summed E-state index contributed by atoms with van der Waals surface area (Å²) in [5, 5.41) is 3.59. The highest BCUT2D eigenvalue weighted by molar-refractivity contribution is 4.90. The molecule has 2 atom stereocenters. The van der Waals surface area contributed by atoms with Gasteiger partial charge in [-0.1, -0.05) is 13.3 Å². The van der Waals surface area contributed by atoms with E-state index in [-0.39, 0.29) is 5.79 Å². The number of nitrogens with one attached hydrogen (secondary N) is 1. The van der Waals surface area contributed by atoms with Crippen LogP contribution in [0.2, 0.25) is 0 Å². The van der Waals surface area contributed by atoms with Gasteiger partial charge in [0, 0.05) is 18.9 Å². The van der Waals surface area contributed by atoms with Crippen LogP contribution in [-0.4, -0.2) is 31.1 Å². The Balaban J connectivity index is 1.57. The molecule has 17 heavy (non-hydrogen) atoms. The lowest BCUT2D eigenvalue weighted by Crippen LogP contribution is -2.45. The summed E-state index contributed by atoms with van der Waals surface area (Å²) in [6, 6.07) is 0.530. The van der Waals surface area contributed by atoms with E-state index in [1.807, 2.05) is 0 Å². The maximum Gasteiger partial charge on any atom is 0.169 e. The summed E-state index contributed by atoms with van der Waals surface area (Å²) in [5.74, 6) is 0.635. The molecule has 0 bridgehead atoms. The fourth-order valence-corrected chi connectivity index (χ4v) is 3.44. The van der Waals surface area contributed by atoms with Crippen LogP contribution in [-0.2, 0) is 9.47 Å². The Labute approximate surface area is 104 Å². The number of rotatable bonds is 1. The van der Waals surface area contributed by atoms with Gasteiger partial charge in [0.15, 0.2) is 5.79 Å². The van der Waals surface area contributed by atoms with E-state index in [0.717, 1.165) is 31.9 Å². The van der Waals surface area contributed by atoms with Crippen LogP contribution >= 0.6 is 0 Å². The van der Waals surface area contributed by atoms with Crippen molar-refractivity contribution in [1.82, 2.24) is 5.32 Å². The summed E-state index contributed by atoms with van der Waals surface area (Å²) in [6.07, 6.45) is 8.89. The molecule has 3 aliphatic rings. The molecule has 0 radical (unpaired) electrons. The number of piperidine rings is 1. The van der Waals surface area contributed by atoms with Gasteiger partial charge in [0.05, 0.1) is 12.7 Å². The predicted octanol–water partition coefficient (Wildman–Crippen LogP) is 2.45. The van der Waals surface area contributed by atoms with Crippen LogP contribution in [0.3, 0.4) is 0 Å². The van der Waals surface area contributed by atoms with E-state index in [2.05, 4.69) is 12.2 Å². The molecule has 1 saturated carbocycles. The number of hydrogen-bond donors (Lipinski definition) is 1. The Morgan fingerprint density at radius 1 is 1.12 bits per heavy atom. The van der Waals surface area contributed by atoms with Crippen LogP contribution in [0.15, 0.2) is 0 Å². The molecular weight excluding hydrogens is 214 g/mol. The first-order chi connectivity index (χ1) is 8.27. The lowest BCUT2D eigenvalue weighted by atomic mass is 9.86. The smallest absolute Gasteiger partial charge is 0.169 e. The second-order valence-corrected chi connectivity index (χ2v) is 6.12. The Morgan fingerprint density at radius 2 is 1.94 bits per heavy atom. The van der Waals surface area contributed by atoms with Gasteiger partial charge in [0.25, 0.3) is 0 Å². The predicted molar refractivity (Wildman–Crippen MR) is 66.8 cm³/mol. The topological polar surface area (TPSA) is 30.5 Å². The van der Waals surface area contributed by atoms with E-state index in [1.54, 1.807) is 0 Å². The minimum Gasteiger partial charge on any atom is -0.347 e. The molecule has 0 aromatic carbocycles. The molecule has 0 amide bonds. The normalized spacial score (nSPS) is 47.5. The van der Waals surface area contributed by atoms with Crippen molar-refractivity contribution in [3.63, 3.8) is 0 Å². The number of hydrogen-bond acceptors (Lipinski definition) is 3. The van der Waals surface area contributed by atoms with Crippen molar-refractivity contribution in [2.45, 2.75) is 69.8 Å². The van der Waals surface area contributed by atoms with Crippen molar-refractivity contribution >= 4 is 0 Å². The van der Waals surface area contributed by atoms with Gasteiger partial charge in [-0.05, 0) is 38.1 Å². The SMILES string of the molecule is CC1CCC2(CC1)OCC(C1CCCCN1)O2. The molecule has 1 aliphatic carbocycles. The molecule has 3 heteroatoms. The monoisotopic (exact) mass is 239 g/mol. The molecule has 2 saturated heterocycles. The minimum atomic E-state index is -0.212. The van der Waals surface area contributed by atoms with Gasteiger partial charge in [0.2, 0.25) is 0 Å². The molecule has 3 nitrogen and oxygen atoms in total. The maximum atomic E-state index is 6.29. The lowest BCUT2D eigenvalue weighted by molar-refractivity contribution is -0.194. The van der Waals surface area contributed by atoms with Crippen molar-refractivity contribution in [3.8, 4) is 0 Å². The molecule has 0 aromatic heterocycles. The lowest BCUT2D eigenvalue weighted by Gasteiger charge is -2.36. The van der Waals surface area contributed by atoms with E-state index < -0.39 is 0 Å². The van der Waals surface area contributed by atoms with Gasteiger partial charge in [0.1, 0.15) is 0 Å². The maximum absolute atomic E-state index is 6.29. The minimum absolute atomic E-state index is 0.212. The Kier molecular flexibility index (Phi) is 3.42. The Morgan fingerprint density at radius 3 is 2.65 bits per heavy atom. The molecule has 2 aliphatic heterocycles. The third-order valence-electron chi connectivity index (χ3n) is 4.71. The molecule has 0 aromatic rings. The van der Waals surface area contributed by atoms with Crippen LogP contribution in [0.4, 0.5) is 0 Å². The van der Waals surface area contributed by atoms with E-state index in [1.165, 1.54) is 32.1 Å². The van der Waals surface area contributed by atoms with Crippen LogP contribution in [0.1, 0.15) is 51.9 Å². The highest BCUT2D eigenvalue weighted by atomic mass is 16.7.